The van der Waals surface area contributed by atoms with Crippen LogP contribution in [0.2, 0.25) is 5.02 Å². The molecule has 1 aromatic carbocycles. The number of hydrogen-bond donors (Lipinski definition) is 0. The van der Waals surface area contributed by atoms with Crippen LogP contribution in [-0.2, 0) is 11.3 Å². The number of rotatable bonds is 6. The van der Waals surface area contributed by atoms with E-state index in [2.05, 4.69) is 13.8 Å². The Balaban J connectivity index is 2.18. The van der Waals surface area contributed by atoms with Crippen LogP contribution in [0, 0.1) is 5.92 Å². The van der Waals surface area contributed by atoms with E-state index in [9.17, 15) is 4.79 Å². The summed E-state index contributed by atoms with van der Waals surface area (Å²) in [5.74, 6) is 0.529. The molecule has 2 aromatic rings. The fourth-order valence-corrected chi connectivity index (χ4v) is 2.22. The van der Waals surface area contributed by atoms with Crippen molar-refractivity contribution in [3.63, 3.8) is 0 Å². The van der Waals surface area contributed by atoms with Crippen LogP contribution in [0.1, 0.15) is 24.2 Å². The largest absolute Gasteiger partial charge is 0.379 e. The smallest absolute Gasteiger partial charge is 0.152 e. The maximum absolute atomic E-state index is 11.1. The Bertz CT molecular complexity index is 575. The van der Waals surface area contributed by atoms with Crippen molar-refractivity contribution in [2.75, 3.05) is 13.2 Å². The van der Waals surface area contributed by atoms with E-state index in [1.165, 1.54) is 0 Å². The van der Waals surface area contributed by atoms with Gasteiger partial charge < -0.3 is 9.30 Å². The van der Waals surface area contributed by atoms with E-state index in [4.69, 9.17) is 16.3 Å². The van der Waals surface area contributed by atoms with Crippen LogP contribution in [-0.4, -0.2) is 24.1 Å². The maximum Gasteiger partial charge on any atom is 0.152 e. The molecule has 0 aliphatic rings. The molecule has 0 spiro atoms. The fraction of sp³-hybridized carbons (Fsp3) is 0.400. The first-order chi connectivity index (χ1) is 9.11. The molecule has 0 saturated carbocycles. The summed E-state index contributed by atoms with van der Waals surface area (Å²) in [6.45, 7) is 6.34. The van der Waals surface area contributed by atoms with Gasteiger partial charge in [0.15, 0.2) is 6.29 Å². The third-order valence-electron chi connectivity index (χ3n) is 2.93. The number of hydrogen-bond acceptors (Lipinski definition) is 2. The van der Waals surface area contributed by atoms with Crippen LogP contribution in [0.5, 0.6) is 0 Å². The minimum atomic E-state index is 0.529. The van der Waals surface area contributed by atoms with E-state index in [0.29, 0.717) is 23.1 Å². The minimum absolute atomic E-state index is 0.529. The van der Waals surface area contributed by atoms with Crippen molar-refractivity contribution in [2.45, 2.75) is 20.4 Å². The number of fused-ring (bicyclic) bond motifs is 1. The van der Waals surface area contributed by atoms with Crippen LogP contribution in [0.25, 0.3) is 10.9 Å². The molecule has 0 atom stereocenters. The molecule has 1 aromatic heterocycles. The van der Waals surface area contributed by atoms with Crippen LogP contribution < -0.4 is 0 Å². The van der Waals surface area contributed by atoms with Gasteiger partial charge in [-0.2, -0.15) is 0 Å². The molecule has 0 aliphatic carbocycles. The van der Waals surface area contributed by atoms with Gasteiger partial charge in [-0.25, -0.2) is 0 Å². The maximum atomic E-state index is 11.1. The Morgan fingerprint density at radius 2 is 2.21 bits per heavy atom. The van der Waals surface area contributed by atoms with E-state index < -0.39 is 0 Å². The van der Waals surface area contributed by atoms with Crippen molar-refractivity contribution >= 4 is 28.8 Å². The van der Waals surface area contributed by atoms with Crippen LogP contribution in [0.3, 0.4) is 0 Å². The highest BCUT2D eigenvalue weighted by Gasteiger charge is 2.08. The molecule has 0 fully saturated rings. The van der Waals surface area contributed by atoms with Crippen molar-refractivity contribution < 1.29 is 9.53 Å². The molecule has 2 rings (SSSR count). The lowest BCUT2D eigenvalue weighted by Gasteiger charge is -2.08. The molecule has 4 heteroatoms. The van der Waals surface area contributed by atoms with Gasteiger partial charge in [-0.1, -0.05) is 31.5 Å². The third kappa shape index (κ3) is 3.37. The molecule has 0 N–H and O–H groups in total. The second-order valence-electron chi connectivity index (χ2n) is 5.03. The van der Waals surface area contributed by atoms with E-state index >= 15 is 0 Å². The highest BCUT2D eigenvalue weighted by atomic mass is 35.5. The van der Waals surface area contributed by atoms with Gasteiger partial charge >= 0.3 is 0 Å². The number of carbonyl (C=O) groups excluding carboxylic acids is 1. The first kappa shape index (κ1) is 14.1. The van der Waals surface area contributed by atoms with Gasteiger partial charge in [-0.05, 0) is 18.1 Å². The quantitative estimate of drug-likeness (QED) is 0.595. The Morgan fingerprint density at radius 1 is 1.42 bits per heavy atom. The average Bonchev–Trinajstić information content (AvgIpc) is 2.72. The molecule has 0 radical (unpaired) electrons. The zero-order chi connectivity index (χ0) is 13.8. The van der Waals surface area contributed by atoms with E-state index in [-0.39, 0.29) is 0 Å². The molecule has 0 saturated heterocycles. The summed E-state index contributed by atoms with van der Waals surface area (Å²) in [7, 11) is 0. The van der Waals surface area contributed by atoms with Crippen molar-refractivity contribution in [1.29, 1.82) is 0 Å². The number of carbonyl (C=O) groups is 1. The normalized spacial score (nSPS) is 11.4. The minimum Gasteiger partial charge on any atom is -0.379 e. The monoisotopic (exact) mass is 279 g/mol. The van der Waals surface area contributed by atoms with Crippen LogP contribution in [0.15, 0.2) is 24.4 Å². The van der Waals surface area contributed by atoms with Gasteiger partial charge in [0.25, 0.3) is 0 Å². The lowest BCUT2D eigenvalue weighted by atomic mass is 10.2. The molecule has 3 nitrogen and oxygen atoms in total. The molecule has 0 unspecified atom stereocenters. The Labute approximate surface area is 118 Å². The van der Waals surface area contributed by atoms with Gasteiger partial charge in [0.1, 0.15) is 0 Å². The molecule has 102 valence electrons. The summed E-state index contributed by atoms with van der Waals surface area (Å²) in [6, 6.07) is 5.57. The Kier molecular flexibility index (Phi) is 4.61. The van der Waals surface area contributed by atoms with Crippen molar-refractivity contribution in [3.8, 4) is 0 Å². The number of aldehydes is 1. The number of aromatic nitrogens is 1. The fourth-order valence-electron chi connectivity index (χ4n) is 2.05. The summed E-state index contributed by atoms with van der Waals surface area (Å²) in [4.78, 5) is 11.1. The number of nitrogens with zero attached hydrogens (tertiary/aromatic N) is 1. The van der Waals surface area contributed by atoms with Crippen molar-refractivity contribution in [1.82, 2.24) is 4.57 Å². The Morgan fingerprint density at radius 3 is 2.89 bits per heavy atom. The molecule has 19 heavy (non-hydrogen) atoms. The third-order valence-corrected chi connectivity index (χ3v) is 3.16. The molecule has 1 heterocycles. The number of halogens is 1. The van der Waals surface area contributed by atoms with E-state index in [0.717, 1.165) is 30.3 Å². The first-order valence-electron chi connectivity index (χ1n) is 6.43. The van der Waals surface area contributed by atoms with E-state index in [1.54, 1.807) is 6.07 Å². The Hall–Kier alpha value is -1.32. The predicted octanol–water partition coefficient (Wildman–Crippen LogP) is 3.78. The summed E-state index contributed by atoms with van der Waals surface area (Å²) in [5, 5.41) is 1.61. The molecule has 0 aliphatic heterocycles. The van der Waals surface area contributed by atoms with Gasteiger partial charge in [-0.3, -0.25) is 4.79 Å². The summed E-state index contributed by atoms with van der Waals surface area (Å²) in [5.41, 5.74) is 1.67. The average molecular weight is 280 g/mol. The molecule has 0 amide bonds. The number of ether oxygens (including phenoxy) is 1. The van der Waals surface area contributed by atoms with Crippen LogP contribution >= 0.6 is 11.6 Å². The molecular formula is C15H18ClNO2. The predicted molar refractivity (Wildman–Crippen MR) is 78.0 cm³/mol. The SMILES string of the molecule is CC(C)COCCn1cc(C=O)c2ccc(Cl)cc21. The van der Waals surface area contributed by atoms with Gasteiger partial charge in [0, 0.05) is 35.3 Å². The van der Waals surface area contributed by atoms with Crippen molar-refractivity contribution in [2.24, 2.45) is 5.92 Å². The molecular weight excluding hydrogens is 262 g/mol. The van der Waals surface area contributed by atoms with Crippen LogP contribution in [0.4, 0.5) is 0 Å². The van der Waals surface area contributed by atoms with Gasteiger partial charge in [0.2, 0.25) is 0 Å². The standard InChI is InChI=1S/C15H18ClNO2/c1-11(2)10-19-6-5-17-8-12(9-18)14-4-3-13(16)7-15(14)17/h3-4,7-9,11H,5-6,10H2,1-2H3. The van der Waals surface area contributed by atoms with Gasteiger partial charge in [0.05, 0.1) is 12.1 Å². The van der Waals surface area contributed by atoms with Crippen molar-refractivity contribution in [3.05, 3.63) is 35.0 Å². The molecule has 0 bridgehead atoms. The first-order valence-corrected chi connectivity index (χ1v) is 6.81. The lowest BCUT2D eigenvalue weighted by molar-refractivity contribution is 0.104. The van der Waals surface area contributed by atoms with E-state index in [1.807, 2.05) is 22.9 Å². The summed E-state index contributed by atoms with van der Waals surface area (Å²) < 4.78 is 7.60. The highest BCUT2D eigenvalue weighted by molar-refractivity contribution is 6.31. The topological polar surface area (TPSA) is 31.2 Å². The summed E-state index contributed by atoms with van der Waals surface area (Å²) in [6.07, 6.45) is 2.73. The zero-order valence-electron chi connectivity index (χ0n) is 11.2. The number of benzene rings is 1. The lowest BCUT2D eigenvalue weighted by Crippen LogP contribution is -2.08. The van der Waals surface area contributed by atoms with Gasteiger partial charge in [-0.15, -0.1) is 0 Å². The second kappa shape index (κ2) is 6.22. The highest BCUT2D eigenvalue weighted by Crippen LogP contribution is 2.23. The second-order valence-corrected chi connectivity index (χ2v) is 5.46. The zero-order valence-corrected chi connectivity index (χ0v) is 12.0. The summed E-state index contributed by atoms with van der Waals surface area (Å²) >= 11 is 6.01.